The predicted molar refractivity (Wildman–Crippen MR) is 64.3 cm³/mol. The van der Waals surface area contributed by atoms with E-state index in [-0.39, 0.29) is 0 Å². The summed E-state index contributed by atoms with van der Waals surface area (Å²) in [5, 5.41) is 16.2. The SMILES string of the molecule is O=NN(CC(=O)O)c1ccc(-n2cccn2)cc1. The zero-order valence-corrected chi connectivity index (χ0v) is 9.30. The molecule has 7 nitrogen and oxygen atoms in total. The van der Waals surface area contributed by atoms with Crippen LogP contribution in [0.25, 0.3) is 5.69 Å². The fraction of sp³-hybridized carbons (Fsp3) is 0.0909. The smallest absolute Gasteiger partial charge is 0.325 e. The molecule has 0 atom stereocenters. The summed E-state index contributed by atoms with van der Waals surface area (Å²) in [5.41, 5.74) is 1.23. The van der Waals surface area contributed by atoms with Crippen LogP contribution >= 0.6 is 0 Å². The third-order valence-corrected chi connectivity index (χ3v) is 2.30. The van der Waals surface area contributed by atoms with Gasteiger partial charge < -0.3 is 5.11 Å². The van der Waals surface area contributed by atoms with Crippen LogP contribution in [0.2, 0.25) is 0 Å². The fourth-order valence-corrected chi connectivity index (χ4v) is 1.49. The number of carboxylic acid groups (broad SMARTS) is 1. The summed E-state index contributed by atoms with van der Waals surface area (Å²) in [6, 6.07) is 8.46. The van der Waals surface area contributed by atoms with Gasteiger partial charge in [0.25, 0.3) is 0 Å². The van der Waals surface area contributed by atoms with E-state index in [4.69, 9.17) is 5.11 Å². The molecule has 1 aromatic heterocycles. The highest BCUT2D eigenvalue weighted by Gasteiger charge is 2.10. The van der Waals surface area contributed by atoms with Gasteiger partial charge in [0.1, 0.15) is 6.54 Å². The van der Waals surface area contributed by atoms with E-state index >= 15 is 0 Å². The van der Waals surface area contributed by atoms with Gasteiger partial charge in [0.2, 0.25) is 0 Å². The molecule has 0 radical (unpaired) electrons. The molecular weight excluding hydrogens is 236 g/mol. The molecule has 18 heavy (non-hydrogen) atoms. The maximum absolute atomic E-state index is 10.5. The summed E-state index contributed by atoms with van der Waals surface area (Å²) in [5.74, 6) is -1.12. The summed E-state index contributed by atoms with van der Waals surface area (Å²) < 4.78 is 1.65. The molecule has 2 aromatic rings. The van der Waals surface area contributed by atoms with Crippen molar-refractivity contribution in [3.8, 4) is 5.69 Å². The molecule has 0 bridgehead atoms. The Morgan fingerprint density at radius 2 is 2.11 bits per heavy atom. The van der Waals surface area contributed by atoms with E-state index in [1.807, 2.05) is 0 Å². The third-order valence-electron chi connectivity index (χ3n) is 2.30. The van der Waals surface area contributed by atoms with Crippen LogP contribution < -0.4 is 5.01 Å². The minimum Gasteiger partial charge on any atom is -0.480 e. The second-order valence-electron chi connectivity index (χ2n) is 3.50. The first-order valence-corrected chi connectivity index (χ1v) is 5.13. The molecule has 7 heteroatoms. The summed E-state index contributed by atoms with van der Waals surface area (Å²) in [6.45, 7) is -0.468. The van der Waals surface area contributed by atoms with Crippen LogP contribution in [0.1, 0.15) is 0 Å². The Morgan fingerprint density at radius 3 is 2.61 bits per heavy atom. The van der Waals surface area contributed by atoms with Gasteiger partial charge in [-0.1, -0.05) is 0 Å². The van der Waals surface area contributed by atoms with Crippen molar-refractivity contribution in [3.63, 3.8) is 0 Å². The van der Waals surface area contributed by atoms with Gasteiger partial charge in [0, 0.05) is 12.4 Å². The number of aliphatic carboxylic acids is 1. The third kappa shape index (κ3) is 2.51. The van der Waals surface area contributed by atoms with Crippen LogP contribution in [-0.2, 0) is 4.79 Å². The zero-order valence-electron chi connectivity index (χ0n) is 9.30. The maximum atomic E-state index is 10.5. The normalized spacial score (nSPS) is 10.0. The number of benzene rings is 1. The van der Waals surface area contributed by atoms with Crippen LogP contribution in [0.3, 0.4) is 0 Å². The zero-order chi connectivity index (χ0) is 13.0. The Bertz CT molecular complexity index is 536. The number of nitrogens with zero attached hydrogens (tertiary/aromatic N) is 4. The summed E-state index contributed by atoms with van der Waals surface area (Å²) in [4.78, 5) is 21.1. The first kappa shape index (κ1) is 11.8. The van der Waals surface area contributed by atoms with Crippen molar-refractivity contribution in [1.29, 1.82) is 0 Å². The Morgan fingerprint density at radius 1 is 1.39 bits per heavy atom. The molecule has 0 fully saturated rings. The molecule has 0 saturated heterocycles. The highest BCUT2D eigenvalue weighted by atomic mass is 16.4. The van der Waals surface area contributed by atoms with Gasteiger partial charge in [-0.25, -0.2) is 9.69 Å². The molecule has 0 saturated carbocycles. The molecule has 0 aliphatic carbocycles. The number of carboxylic acids is 1. The van der Waals surface area contributed by atoms with E-state index in [1.165, 1.54) is 0 Å². The molecule has 1 N–H and O–H groups in total. The number of anilines is 1. The van der Waals surface area contributed by atoms with E-state index < -0.39 is 12.5 Å². The van der Waals surface area contributed by atoms with Gasteiger partial charge in [0.15, 0.2) is 0 Å². The summed E-state index contributed by atoms with van der Waals surface area (Å²) in [6.07, 6.45) is 3.43. The molecule has 0 aliphatic rings. The number of hydrogen-bond donors (Lipinski definition) is 1. The lowest BCUT2D eigenvalue weighted by Gasteiger charge is -2.12. The number of carbonyl (C=O) groups is 1. The molecule has 0 amide bonds. The van der Waals surface area contributed by atoms with Crippen LogP contribution in [0.5, 0.6) is 0 Å². The van der Waals surface area contributed by atoms with Gasteiger partial charge in [0.05, 0.1) is 16.7 Å². The van der Waals surface area contributed by atoms with E-state index in [0.29, 0.717) is 5.69 Å². The molecule has 1 aromatic carbocycles. The standard InChI is InChI=1S/C11H10N4O3/c16-11(17)8-15(13-18)10-4-2-9(3-5-10)14-7-1-6-12-14/h1-7H,8H2,(H,16,17). The Kier molecular flexibility index (Phi) is 3.33. The molecule has 0 spiro atoms. The molecule has 92 valence electrons. The van der Waals surface area contributed by atoms with Gasteiger partial charge >= 0.3 is 5.97 Å². The van der Waals surface area contributed by atoms with E-state index in [9.17, 15) is 9.70 Å². The van der Waals surface area contributed by atoms with Gasteiger partial charge in [-0.3, -0.25) is 4.79 Å². The lowest BCUT2D eigenvalue weighted by molar-refractivity contribution is -0.135. The number of hydrogen-bond acceptors (Lipinski definition) is 4. The van der Waals surface area contributed by atoms with Crippen molar-refractivity contribution in [3.05, 3.63) is 47.6 Å². The predicted octanol–water partition coefficient (Wildman–Crippen LogP) is 1.44. The van der Waals surface area contributed by atoms with Crippen molar-refractivity contribution in [2.75, 3.05) is 11.6 Å². The summed E-state index contributed by atoms with van der Waals surface area (Å²) >= 11 is 0. The van der Waals surface area contributed by atoms with Crippen molar-refractivity contribution >= 4 is 11.7 Å². The van der Waals surface area contributed by atoms with E-state index in [2.05, 4.69) is 10.4 Å². The largest absolute Gasteiger partial charge is 0.480 e. The van der Waals surface area contributed by atoms with Crippen LogP contribution in [0.4, 0.5) is 5.69 Å². The van der Waals surface area contributed by atoms with Crippen molar-refractivity contribution in [2.45, 2.75) is 0 Å². The molecule has 2 rings (SSSR count). The Hall–Kier alpha value is -2.70. The molecule has 1 heterocycles. The minimum atomic E-state index is -1.12. The first-order chi connectivity index (χ1) is 8.70. The van der Waals surface area contributed by atoms with Crippen molar-refractivity contribution in [1.82, 2.24) is 9.78 Å². The topological polar surface area (TPSA) is 87.8 Å². The van der Waals surface area contributed by atoms with Gasteiger partial charge in [-0.15, -0.1) is 4.91 Å². The second-order valence-corrected chi connectivity index (χ2v) is 3.50. The van der Waals surface area contributed by atoms with Crippen molar-refractivity contribution in [2.24, 2.45) is 5.29 Å². The lowest BCUT2D eigenvalue weighted by Crippen LogP contribution is -2.23. The lowest BCUT2D eigenvalue weighted by atomic mass is 10.2. The number of nitroso groups, excluding NO2 is 1. The average molecular weight is 246 g/mol. The number of rotatable bonds is 5. The fourth-order valence-electron chi connectivity index (χ4n) is 1.49. The second kappa shape index (κ2) is 5.09. The molecule has 0 aliphatic heterocycles. The summed E-state index contributed by atoms with van der Waals surface area (Å²) in [7, 11) is 0. The molecular formula is C11H10N4O3. The highest BCUT2D eigenvalue weighted by Crippen LogP contribution is 2.17. The quantitative estimate of drug-likeness (QED) is 0.637. The van der Waals surface area contributed by atoms with Crippen LogP contribution in [0, 0.1) is 4.91 Å². The van der Waals surface area contributed by atoms with Gasteiger partial charge in [-0.05, 0) is 30.3 Å². The minimum absolute atomic E-state index is 0.420. The molecule has 0 unspecified atom stereocenters. The highest BCUT2D eigenvalue weighted by molar-refractivity contribution is 5.73. The number of aromatic nitrogens is 2. The van der Waals surface area contributed by atoms with Crippen LogP contribution in [-0.4, -0.2) is 27.4 Å². The van der Waals surface area contributed by atoms with E-state index in [0.717, 1.165) is 10.7 Å². The monoisotopic (exact) mass is 246 g/mol. The van der Waals surface area contributed by atoms with Gasteiger partial charge in [-0.2, -0.15) is 5.10 Å². The van der Waals surface area contributed by atoms with Crippen LogP contribution in [0.15, 0.2) is 48.0 Å². The first-order valence-electron chi connectivity index (χ1n) is 5.13. The Labute approximate surface area is 102 Å². The average Bonchev–Trinajstić information content (AvgIpc) is 2.90. The van der Waals surface area contributed by atoms with E-state index in [1.54, 1.807) is 47.4 Å². The Balaban J connectivity index is 2.21. The maximum Gasteiger partial charge on any atom is 0.325 e. The van der Waals surface area contributed by atoms with Crippen molar-refractivity contribution < 1.29 is 9.90 Å².